The second-order valence-corrected chi connectivity index (χ2v) is 4.81. The summed E-state index contributed by atoms with van der Waals surface area (Å²) >= 11 is 3.38. The lowest BCUT2D eigenvalue weighted by Gasteiger charge is -2.22. The normalized spacial score (nSPS) is 9.83. The van der Waals surface area contributed by atoms with Gasteiger partial charge in [-0.2, -0.15) is 5.26 Å². The number of nitriles is 1. The topological polar surface area (TPSA) is 53.0 Å². The van der Waals surface area contributed by atoms with Crippen molar-refractivity contribution in [3.8, 4) is 6.07 Å². The van der Waals surface area contributed by atoms with Gasteiger partial charge in [0.2, 0.25) is 0 Å². The van der Waals surface area contributed by atoms with Gasteiger partial charge in [0.1, 0.15) is 6.07 Å². The Balaban J connectivity index is 2.48. The number of rotatable bonds is 2. The molecule has 4 heteroatoms. The standard InChI is InChI=1S/C14H12BrN3/c1-18(13-5-3-2-4-10(13)9-16)14-7-6-11(15)8-12(14)17/h2-8H,17H2,1H3. The van der Waals surface area contributed by atoms with Crippen molar-refractivity contribution in [3.63, 3.8) is 0 Å². The first-order valence-electron chi connectivity index (χ1n) is 5.41. The summed E-state index contributed by atoms with van der Waals surface area (Å²) in [6, 6.07) is 15.3. The van der Waals surface area contributed by atoms with Gasteiger partial charge >= 0.3 is 0 Å². The van der Waals surface area contributed by atoms with Crippen LogP contribution in [-0.4, -0.2) is 7.05 Å². The Bertz CT molecular complexity index is 617. The van der Waals surface area contributed by atoms with Gasteiger partial charge in [-0.05, 0) is 30.3 Å². The molecule has 18 heavy (non-hydrogen) atoms. The molecule has 0 atom stereocenters. The molecule has 2 rings (SSSR count). The van der Waals surface area contributed by atoms with Crippen molar-refractivity contribution in [3.05, 3.63) is 52.5 Å². The van der Waals surface area contributed by atoms with E-state index in [1.54, 1.807) is 6.07 Å². The third kappa shape index (κ3) is 2.31. The number of halogens is 1. The Kier molecular flexibility index (Phi) is 3.54. The first kappa shape index (κ1) is 12.5. The van der Waals surface area contributed by atoms with Crippen LogP contribution in [0.3, 0.4) is 0 Å². The number of nitrogens with zero attached hydrogens (tertiary/aromatic N) is 2. The largest absolute Gasteiger partial charge is 0.397 e. The van der Waals surface area contributed by atoms with E-state index in [9.17, 15) is 0 Å². The van der Waals surface area contributed by atoms with Crippen molar-refractivity contribution < 1.29 is 0 Å². The maximum absolute atomic E-state index is 9.11. The van der Waals surface area contributed by atoms with Crippen LogP contribution in [0, 0.1) is 11.3 Å². The van der Waals surface area contributed by atoms with Gasteiger partial charge in [0.15, 0.2) is 0 Å². The quantitative estimate of drug-likeness (QED) is 0.861. The van der Waals surface area contributed by atoms with E-state index in [0.717, 1.165) is 15.8 Å². The van der Waals surface area contributed by atoms with Crippen molar-refractivity contribution >= 4 is 33.0 Å². The van der Waals surface area contributed by atoms with Crippen molar-refractivity contribution in [2.75, 3.05) is 17.7 Å². The summed E-state index contributed by atoms with van der Waals surface area (Å²) in [7, 11) is 1.90. The summed E-state index contributed by atoms with van der Waals surface area (Å²) in [5.41, 5.74) is 9.01. The molecule has 0 amide bonds. The maximum atomic E-state index is 9.11. The first-order valence-corrected chi connectivity index (χ1v) is 6.20. The molecule has 0 aliphatic carbocycles. The fourth-order valence-electron chi connectivity index (χ4n) is 1.82. The summed E-state index contributed by atoms with van der Waals surface area (Å²) in [5.74, 6) is 0. The molecule has 0 bridgehead atoms. The Morgan fingerprint density at radius 1 is 1.17 bits per heavy atom. The predicted molar refractivity (Wildman–Crippen MR) is 77.8 cm³/mol. The number of anilines is 3. The zero-order valence-corrected chi connectivity index (χ0v) is 11.5. The summed E-state index contributed by atoms with van der Waals surface area (Å²) in [6.45, 7) is 0. The van der Waals surface area contributed by atoms with E-state index >= 15 is 0 Å². The highest BCUT2D eigenvalue weighted by Crippen LogP contribution is 2.32. The van der Waals surface area contributed by atoms with Crippen LogP contribution in [0.4, 0.5) is 17.1 Å². The smallest absolute Gasteiger partial charge is 0.101 e. The van der Waals surface area contributed by atoms with Gasteiger partial charge < -0.3 is 10.6 Å². The highest BCUT2D eigenvalue weighted by molar-refractivity contribution is 9.10. The van der Waals surface area contributed by atoms with Crippen LogP contribution in [0.15, 0.2) is 46.9 Å². The van der Waals surface area contributed by atoms with Gasteiger partial charge in [-0.25, -0.2) is 0 Å². The molecule has 0 unspecified atom stereocenters. The van der Waals surface area contributed by atoms with Crippen molar-refractivity contribution in [2.45, 2.75) is 0 Å². The molecular formula is C14H12BrN3. The van der Waals surface area contributed by atoms with Crippen LogP contribution in [-0.2, 0) is 0 Å². The molecule has 3 nitrogen and oxygen atoms in total. The summed E-state index contributed by atoms with van der Waals surface area (Å²) in [6.07, 6.45) is 0. The Morgan fingerprint density at radius 2 is 1.89 bits per heavy atom. The Hall–Kier alpha value is -1.99. The molecule has 90 valence electrons. The van der Waals surface area contributed by atoms with E-state index in [1.807, 2.05) is 48.3 Å². The van der Waals surface area contributed by atoms with E-state index in [1.165, 1.54) is 0 Å². The van der Waals surface area contributed by atoms with Crippen LogP contribution in [0.25, 0.3) is 0 Å². The molecule has 2 aromatic rings. The number of benzene rings is 2. The average molecular weight is 302 g/mol. The average Bonchev–Trinajstić information content (AvgIpc) is 2.38. The minimum atomic E-state index is 0.627. The Labute approximate surface area is 115 Å². The Morgan fingerprint density at radius 3 is 2.56 bits per heavy atom. The monoisotopic (exact) mass is 301 g/mol. The third-order valence-electron chi connectivity index (χ3n) is 2.74. The molecule has 0 aliphatic rings. The van der Waals surface area contributed by atoms with Crippen LogP contribution < -0.4 is 10.6 Å². The molecule has 0 fully saturated rings. The highest BCUT2D eigenvalue weighted by Gasteiger charge is 2.11. The van der Waals surface area contributed by atoms with Crippen molar-refractivity contribution in [1.29, 1.82) is 5.26 Å². The van der Waals surface area contributed by atoms with Gasteiger partial charge in [-0.15, -0.1) is 0 Å². The molecule has 0 saturated carbocycles. The van der Waals surface area contributed by atoms with Gasteiger partial charge in [-0.3, -0.25) is 0 Å². The maximum Gasteiger partial charge on any atom is 0.101 e. The highest BCUT2D eigenvalue weighted by atomic mass is 79.9. The molecule has 2 N–H and O–H groups in total. The third-order valence-corrected chi connectivity index (χ3v) is 3.23. The zero-order valence-electron chi connectivity index (χ0n) is 9.89. The number of para-hydroxylation sites is 1. The molecule has 0 saturated heterocycles. The van der Waals surface area contributed by atoms with E-state index in [0.29, 0.717) is 11.3 Å². The SMILES string of the molecule is CN(c1ccc(Br)cc1N)c1ccccc1C#N. The van der Waals surface area contributed by atoms with Gasteiger partial charge in [-0.1, -0.05) is 28.1 Å². The second kappa shape index (κ2) is 5.11. The first-order chi connectivity index (χ1) is 8.63. The van der Waals surface area contributed by atoms with E-state index < -0.39 is 0 Å². The summed E-state index contributed by atoms with van der Waals surface area (Å²) in [4.78, 5) is 1.92. The van der Waals surface area contributed by atoms with Crippen LogP contribution in [0.5, 0.6) is 0 Å². The van der Waals surface area contributed by atoms with E-state index in [4.69, 9.17) is 11.0 Å². The van der Waals surface area contributed by atoms with Crippen LogP contribution >= 0.6 is 15.9 Å². The molecule has 2 aromatic carbocycles. The minimum absolute atomic E-state index is 0.627. The molecule has 0 radical (unpaired) electrons. The van der Waals surface area contributed by atoms with Gasteiger partial charge in [0.25, 0.3) is 0 Å². The van der Waals surface area contributed by atoms with Crippen molar-refractivity contribution in [2.24, 2.45) is 0 Å². The van der Waals surface area contributed by atoms with Gasteiger partial charge in [0, 0.05) is 11.5 Å². The second-order valence-electron chi connectivity index (χ2n) is 3.89. The number of hydrogen-bond acceptors (Lipinski definition) is 3. The van der Waals surface area contributed by atoms with E-state index in [2.05, 4.69) is 22.0 Å². The molecule has 0 aromatic heterocycles. The molecule has 0 heterocycles. The molecule has 0 spiro atoms. The number of hydrogen-bond donors (Lipinski definition) is 1. The van der Waals surface area contributed by atoms with Crippen LogP contribution in [0.1, 0.15) is 5.56 Å². The minimum Gasteiger partial charge on any atom is -0.397 e. The van der Waals surface area contributed by atoms with Crippen LogP contribution in [0.2, 0.25) is 0 Å². The summed E-state index contributed by atoms with van der Waals surface area (Å²) < 4.78 is 0.936. The fraction of sp³-hybridized carbons (Fsp3) is 0.0714. The van der Waals surface area contributed by atoms with Crippen molar-refractivity contribution in [1.82, 2.24) is 0 Å². The van der Waals surface area contributed by atoms with E-state index in [-0.39, 0.29) is 0 Å². The zero-order chi connectivity index (χ0) is 13.1. The summed E-state index contributed by atoms with van der Waals surface area (Å²) in [5, 5.41) is 9.11. The lowest BCUT2D eigenvalue weighted by atomic mass is 10.1. The van der Waals surface area contributed by atoms with Gasteiger partial charge in [0.05, 0.1) is 22.6 Å². The number of nitrogens with two attached hydrogens (primary N) is 1. The molecule has 0 aliphatic heterocycles. The predicted octanol–water partition coefficient (Wildman–Crippen LogP) is 3.67. The molecular weight excluding hydrogens is 290 g/mol. The lowest BCUT2D eigenvalue weighted by Crippen LogP contribution is -2.12. The fourth-order valence-corrected chi connectivity index (χ4v) is 2.20. The number of nitrogen functional groups attached to an aromatic ring is 1. The lowest BCUT2D eigenvalue weighted by molar-refractivity contribution is 1.20.